The van der Waals surface area contributed by atoms with Crippen molar-refractivity contribution in [2.75, 3.05) is 51.5 Å². The van der Waals surface area contributed by atoms with Gasteiger partial charge in [0.2, 0.25) is 11.8 Å². The second-order valence-electron chi connectivity index (χ2n) is 7.07. The number of aldehydes is 1. The minimum Gasteiger partial charge on any atom is -0.382 e. The quantitative estimate of drug-likeness (QED) is 0.238. The fourth-order valence-corrected chi connectivity index (χ4v) is 3.49. The van der Waals surface area contributed by atoms with Gasteiger partial charge >= 0.3 is 0 Å². The summed E-state index contributed by atoms with van der Waals surface area (Å²) < 4.78 is 15.7. The normalized spacial score (nSPS) is 18.0. The minimum absolute atomic E-state index is 0.0497. The Bertz CT molecular complexity index is 888. The lowest BCUT2D eigenvalue weighted by molar-refractivity contribution is -0.136. The smallest absolute Gasteiger partial charge is 0.264 e. The summed E-state index contributed by atoms with van der Waals surface area (Å²) >= 11 is 0. The summed E-state index contributed by atoms with van der Waals surface area (Å²) in [5, 5.41) is 5.27. The molecule has 0 radical (unpaired) electrons. The summed E-state index contributed by atoms with van der Waals surface area (Å²) in [5.74, 6) is -2.17. The third-order valence-corrected chi connectivity index (χ3v) is 4.96. The lowest BCUT2D eigenvalue weighted by Crippen LogP contribution is -2.54. The standard InChI is InChI=1S/C21H25N3O8/c25-7-9-31-11-13-32-12-10-30-8-6-22-15-3-1-2-14-18(15)21(29)24(20(14)28)16-4-5-17(26)23-19(16)27/h1-3,7,16,22H,4-6,8-13H2,(H,23,26,27). The molecule has 0 aliphatic carbocycles. The second-order valence-corrected chi connectivity index (χ2v) is 7.07. The Morgan fingerprint density at radius 2 is 1.72 bits per heavy atom. The molecule has 172 valence electrons. The molecular weight excluding hydrogens is 422 g/mol. The number of piperidine rings is 1. The number of rotatable bonds is 13. The van der Waals surface area contributed by atoms with Gasteiger partial charge in [-0.1, -0.05) is 6.07 Å². The first-order chi connectivity index (χ1) is 15.5. The Labute approximate surface area is 184 Å². The highest BCUT2D eigenvalue weighted by atomic mass is 16.5. The zero-order valence-corrected chi connectivity index (χ0v) is 17.5. The van der Waals surface area contributed by atoms with Crippen molar-refractivity contribution < 1.29 is 38.2 Å². The number of hydrogen-bond donors (Lipinski definition) is 2. The SMILES string of the molecule is O=CCOCCOCCOCCNc1cccc2c1C(=O)N(C1CCC(=O)NC1=O)C2=O. The molecule has 0 saturated carbocycles. The summed E-state index contributed by atoms with van der Waals surface area (Å²) in [5.41, 5.74) is 0.902. The number of ether oxygens (including phenoxy) is 3. The van der Waals surface area contributed by atoms with E-state index < -0.39 is 29.7 Å². The number of anilines is 1. The first-order valence-electron chi connectivity index (χ1n) is 10.3. The first kappa shape index (κ1) is 23.5. The summed E-state index contributed by atoms with van der Waals surface area (Å²) in [6.45, 7) is 2.22. The molecule has 1 atom stereocenters. The van der Waals surface area contributed by atoms with Crippen LogP contribution < -0.4 is 10.6 Å². The molecule has 1 aromatic rings. The van der Waals surface area contributed by atoms with E-state index in [0.29, 0.717) is 51.6 Å². The van der Waals surface area contributed by atoms with Gasteiger partial charge in [0.05, 0.1) is 44.2 Å². The van der Waals surface area contributed by atoms with Crippen LogP contribution in [0.15, 0.2) is 18.2 Å². The van der Waals surface area contributed by atoms with E-state index in [1.807, 2.05) is 0 Å². The lowest BCUT2D eigenvalue weighted by Gasteiger charge is -2.27. The van der Waals surface area contributed by atoms with E-state index >= 15 is 0 Å². The summed E-state index contributed by atoms with van der Waals surface area (Å²) in [6, 6.07) is 3.88. The number of carbonyl (C=O) groups excluding carboxylic acids is 5. The molecule has 2 heterocycles. The van der Waals surface area contributed by atoms with Gasteiger partial charge in [0.15, 0.2) is 0 Å². The fourth-order valence-electron chi connectivity index (χ4n) is 3.49. The van der Waals surface area contributed by atoms with Gasteiger partial charge in [-0.2, -0.15) is 0 Å². The molecular formula is C21H25N3O8. The Morgan fingerprint density at radius 1 is 1.00 bits per heavy atom. The largest absolute Gasteiger partial charge is 0.382 e. The first-order valence-corrected chi connectivity index (χ1v) is 10.3. The number of hydrogen-bond acceptors (Lipinski definition) is 9. The van der Waals surface area contributed by atoms with Crippen LogP contribution in [0.4, 0.5) is 5.69 Å². The van der Waals surface area contributed by atoms with E-state index in [2.05, 4.69) is 10.6 Å². The Kier molecular flexibility index (Phi) is 8.42. The maximum Gasteiger partial charge on any atom is 0.264 e. The Balaban J connectivity index is 1.47. The lowest BCUT2D eigenvalue weighted by atomic mass is 10.0. The molecule has 2 aliphatic heterocycles. The van der Waals surface area contributed by atoms with Gasteiger partial charge in [0.25, 0.3) is 11.8 Å². The third-order valence-electron chi connectivity index (χ3n) is 4.96. The van der Waals surface area contributed by atoms with E-state index in [1.165, 1.54) is 0 Å². The average Bonchev–Trinajstić information content (AvgIpc) is 3.03. The van der Waals surface area contributed by atoms with Gasteiger partial charge in [-0.15, -0.1) is 0 Å². The van der Waals surface area contributed by atoms with Gasteiger partial charge in [0.1, 0.15) is 18.9 Å². The van der Waals surface area contributed by atoms with E-state index in [9.17, 15) is 24.0 Å². The van der Waals surface area contributed by atoms with E-state index in [0.717, 1.165) is 4.90 Å². The van der Waals surface area contributed by atoms with Crippen molar-refractivity contribution in [3.8, 4) is 0 Å². The van der Waals surface area contributed by atoms with Crippen molar-refractivity contribution in [1.29, 1.82) is 0 Å². The number of fused-ring (bicyclic) bond motifs is 1. The van der Waals surface area contributed by atoms with Gasteiger partial charge in [-0.25, -0.2) is 0 Å². The molecule has 11 heteroatoms. The van der Waals surface area contributed by atoms with Crippen molar-refractivity contribution in [2.24, 2.45) is 0 Å². The van der Waals surface area contributed by atoms with Crippen LogP contribution >= 0.6 is 0 Å². The van der Waals surface area contributed by atoms with Crippen LogP contribution in [-0.4, -0.2) is 87.0 Å². The number of nitrogens with one attached hydrogen (secondary N) is 2. The third kappa shape index (κ3) is 5.55. The zero-order valence-electron chi connectivity index (χ0n) is 17.5. The maximum atomic E-state index is 13.0. The van der Waals surface area contributed by atoms with Crippen LogP contribution in [0.3, 0.4) is 0 Å². The average molecular weight is 447 g/mol. The molecule has 1 unspecified atom stereocenters. The van der Waals surface area contributed by atoms with Crippen molar-refractivity contribution in [1.82, 2.24) is 10.2 Å². The molecule has 1 fully saturated rings. The number of imide groups is 2. The number of nitrogens with zero attached hydrogens (tertiary/aromatic N) is 1. The molecule has 32 heavy (non-hydrogen) atoms. The maximum absolute atomic E-state index is 13.0. The van der Waals surface area contributed by atoms with Crippen LogP contribution in [0.5, 0.6) is 0 Å². The molecule has 11 nitrogen and oxygen atoms in total. The molecule has 2 N–H and O–H groups in total. The van der Waals surface area contributed by atoms with E-state index in [-0.39, 0.29) is 30.6 Å². The summed E-state index contributed by atoms with van der Waals surface area (Å²) in [4.78, 5) is 60.3. The van der Waals surface area contributed by atoms with Crippen LogP contribution in [0, 0.1) is 0 Å². The van der Waals surface area contributed by atoms with Crippen LogP contribution in [0.1, 0.15) is 33.6 Å². The molecule has 2 aliphatic rings. The van der Waals surface area contributed by atoms with Gasteiger partial charge in [0, 0.05) is 18.7 Å². The fraction of sp³-hybridized carbons (Fsp3) is 0.476. The summed E-state index contributed by atoms with van der Waals surface area (Å²) in [7, 11) is 0. The molecule has 4 amide bonds. The van der Waals surface area contributed by atoms with Crippen molar-refractivity contribution in [2.45, 2.75) is 18.9 Å². The molecule has 1 aromatic carbocycles. The zero-order chi connectivity index (χ0) is 22.9. The van der Waals surface area contributed by atoms with Gasteiger partial charge in [-0.05, 0) is 18.6 Å². The van der Waals surface area contributed by atoms with Crippen LogP contribution in [0.25, 0.3) is 0 Å². The Morgan fingerprint density at radius 3 is 2.44 bits per heavy atom. The summed E-state index contributed by atoms with van der Waals surface area (Å²) in [6.07, 6.45) is 0.855. The predicted octanol–water partition coefficient (Wildman–Crippen LogP) is -0.252. The molecule has 1 saturated heterocycles. The van der Waals surface area contributed by atoms with Crippen LogP contribution in [0.2, 0.25) is 0 Å². The predicted molar refractivity (Wildman–Crippen MR) is 110 cm³/mol. The molecule has 0 aromatic heterocycles. The second kappa shape index (κ2) is 11.5. The van der Waals surface area contributed by atoms with Gasteiger partial charge < -0.3 is 24.3 Å². The van der Waals surface area contributed by atoms with Crippen molar-refractivity contribution in [3.63, 3.8) is 0 Å². The molecule has 0 spiro atoms. The highest BCUT2D eigenvalue weighted by Gasteiger charge is 2.45. The minimum atomic E-state index is -1.000. The van der Waals surface area contributed by atoms with Gasteiger partial charge in [-0.3, -0.25) is 29.4 Å². The van der Waals surface area contributed by atoms with Crippen molar-refractivity contribution in [3.05, 3.63) is 29.3 Å². The number of benzene rings is 1. The highest BCUT2D eigenvalue weighted by molar-refractivity contribution is 6.25. The van der Waals surface area contributed by atoms with E-state index in [1.54, 1.807) is 18.2 Å². The topological polar surface area (TPSA) is 140 Å². The van der Waals surface area contributed by atoms with Crippen LogP contribution in [-0.2, 0) is 28.6 Å². The molecule has 3 rings (SSSR count). The van der Waals surface area contributed by atoms with Crippen molar-refractivity contribution >= 4 is 35.6 Å². The highest BCUT2D eigenvalue weighted by Crippen LogP contribution is 2.32. The molecule has 0 bridgehead atoms. The number of amides is 4. The van der Waals surface area contributed by atoms with E-state index in [4.69, 9.17) is 14.2 Å². The number of carbonyl (C=O) groups is 5. The monoisotopic (exact) mass is 447 g/mol. The Hall–Kier alpha value is -3.15.